The second-order valence-corrected chi connectivity index (χ2v) is 6.07. The van der Waals surface area contributed by atoms with Crippen LogP contribution in [0, 0.1) is 0 Å². The second kappa shape index (κ2) is 10.9. The number of ether oxygens (including phenoxy) is 1. The van der Waals surface area contributed by atoms with Gasteiger partial charge in [-0.15, -0.1) is 0 Å². The quantitative estimate of drug-likeness (QED) is 0.533. The Hall–Kier alpha value is -2.82. The summed E-state index contributed by atoms with van der Waals surface area (Å²) in [5.41, 5.74) is 6.53. The van der Waals surface area contributed by atoms with E-state index in [-0.39, 0.29) is 11.8 Å². The topological polar surface area (TPSA) is 67.4 Å². The maximum Gasteiger partial charge on any atom is 0.269 e. The number of amides is 2. The van der Waals surface area contributed by atoms with Crippen LogP contribution in [0.4, 0.5) is 0 Å². The van der Waals surface area contributed by atoms with Crippen LogP contribution in [0.15, 0.2) is 54.6 Å². The number of rotatable bonds is 9. The molecule has 26 heavy (non-hydrogen) atoms. The molecule has 5 nitrogen and oxygen atoms in total. The smallest absolute Gasteiger partial charge is 0.269 e. The molecular formula is C21H26N2O3. The van der Waals surface area contributed by atoms with Crippen LogP contribution >= 0.6 is 0 Å². The standard InChI is InChI=1S/C21H26N2O3/c1-2-3-5-13-20(24)22-23-21(25)18-11-8-12-19(16-18)26-15-14-17-9-6-4-7-10-17/h4,6-12,16H,2-3,5,13-15H2,1H3,(H,22,24)(H,23,25). The third-order valence-electron chi connectivity index (χ3n) is 3.92. The van der Waals surface area contributed by atoms with Gasteiger partial charge >= 0.3 is 0 Å². The van der Waals surface area contributed by atoms with Gasteiger partial charge in [-0.1, -0.05) is 56.2 Å². The van der Waals surface area contributed by atoms with Crippen LogP contribution in [-0.2, 0) is 11.2 Å². The fourth-order valence-corrected chi connectivity index (χ4v) is 2.46. The highest BCUT2D eigenvalue weighted by atomic mass is 16.5. The van der Waals surface area contributed by atoms with Gasteiger partial charge in [0.05, 0.1) is 6.61 Å². The van der Waals surface area contributed by atoms with Gasteiger partial charge in [-0.2, -0.15) is 0 Å². The van der Waals surface area contributed by atoms with Crippen LogP contribution in [0.5, 0.6) is 5.75 Å². The predicted octanol–water partition coefficient (Wildman–Crippen LogP) is 3.65. The summed E-state index contributed by atoms with van der Waals surface area (Å²) in [5, 5.41) is 0. The molecule has 2 rings (SSSR count). The van der Waals surface area contributed by atoms with E-state index in [4.69, 9.17) is 4.74 Å². The molecule has 0 fully saturated rings. The highest BCUT2D eigenvalue weighted by Gasteiger charge is 2.08. The zero-order valence-electron chi connectivity index (χ0n) is 15.2. The van der Waals surface area contributed by atoms with Crippen LogP contribution in [0.25, 0.3) is 0 Å². The Morgan fingerprint density at radius 3 is 2.54 bits per heavy atom. The van der Waals surface area contributed by atoms with E-state index in [0.29, 0.717) is 24.3 Å². The summed E-state index contributed by atoms with van der Waals surface area (Å²) in [6.07, 6.45) is 4.09. The van der Waals surface area contributed by atoms with Gasteiger partial charge < -0.3 is 4.74 Å². The maximum atomic E-state index is 12.1. The first-order valence-electron chi connectivity index (χ1n) is 9.05. The Labute approximate surface area is 154 Å². The minimum absolute atomic E-state index is 0.179. The van der Waals surface area contributed by atoms with Gasteiger partial charge in [0.15, 0.2) is 0 Å². The van der Waals surface area contributed by atoms with Crippen molar-refractivity contribution in [3.8, 4) is 5.75 Å². The molecule has 0 saturated carbocycles. The highest BCUT2D eigenvalue weighted by molar-refractivity contribution is 5.95. The zero-order chi connectivity index (χ0) is 18.6. The summed E-state index contributed by atoms with van der Waals surface area (Å²) in [4.78, 5) is 23.8. The molecule has 2 aromatic rings. The van der Waals surface area contributed by atoms with Crippen molar-refractivity contribution in [3.05, 3.63) is 65.7 Å². The molecular weight excluding hydrogens is 328 g/mol. The molecule has 0 unspecified atom stereocenters. The molecule has 0 saturated heterocycles. The van der Waals surface area contributed by atoms with Crippen molar-refractivity contribution >= 4 is 11.8 Å². The summed E-state index contributed by atoms with van der Waals surface area (Å²) in [6, 6.07) is 17.0. The predicted molar refractivity (Wildman–Crippen MR) is 102 cm³/mol. The third-order valence-corrected chi connectivity index (χ3v) is 3.92. The lowest BCUT2D eigenvalue weighted by molar-refractivity contribution is -0.121. The molecule has 0 atom stereocenters. The first-order valence-corrected chi connectivity index (χ1v) is 9.05. The fraction of sp³-hybridized carbons (Fsp3) is 0.333. The van der Waals surface area contributed by atoms with E-state index in [1.807, 2.05) is 24.3 Å². The van der Waals surface area contributed by atoms with E-state index >= 15 is 0 Å². The van der Waals surface area contributed by atoms with Crippen LogP contribution in [0.2, 0.25) is 0 Å². The fourth-order valence-electron chi connectivity index (χ4n) is 2.46. The SMILES string of the molecule is CCCCCC(=O)NNC(=O)c1cccc(OCCc2ccccc2)c1. The Bertz CT molecular complexity index is 701. The first kappa shape index (κ1) is 19.5. The van der Waals surface area contributed by atoms with Crippen molar-refractivity contribution in [2.75, 3.05) is 6.61 Å². The molecule has 0 aliphatic carbocycles. The van der Waals surface area contributed by atoms with Gasteiger partial charge in [0.2, 0.25) is 5.91 Å². The first-order chi connectivity index (χ1) is 12.7. The number of carbonyl (C=O) groups excluding carboxylic acids is 2. The number of unbranched alkanes of at least 4 members (excludes halogenated alkanes) is 2. The number of hydrazine groups is 1. The summed E-state index contributed by atoms with van der Waals surface area (Å²) < 4.78 is 5.72. The molecule has 2 aromatic carbocycles. The lowest BCUT2D eigenvalue weighted by atomic mass is 10.2. The lowest BCUT2D eigenvalue weighted by Crippen LogP contribution is -2.41. The Balaban J connectivity index is 1.78. The molecule has 138 valence electrons. The second-order valence-electron chi connectivity index (χ2n) is 6.07. The van der Waals surface area contributed by atoms with E-state index in [1.54, 1.807) is 18.2 Å². The summed E-state index contributed by atoms with van der Waals surface area (Å²) in [6.45, 7) is 2.61. The number of benzene rings is 2. The van der Waals surface area contributed by atoms with E-state index in [9.17, 15) is 9.59 Å². The van der Waals surface area contributed by atoms with Gasteiger partial charge in [-0.25, -0.2) is 0 Å². The van der Waals surface area contributed by atoms with E-state index < -0.39 is 0 Å². The summed E-state index contributed by atoms with van der Waals surface area (Å²) in [5.74, 6) is 0.0901. The summed E-state index contributed by atoms with van der Waals surface area (Å²) in [7, 11) is 0. The molecule has 2 amide bonds. The molecule has 0 bridgehead atoms. The Morgan fingerprint density at radius 2 is 1.77 bits per heavy atom. The van der Waals surface area contributed by atoms with Crippen molar-refractivity contribution in [3.63, 3.8) is 0 Å². The van der Waals surface area contributed by atoms with E-state index in [0.717, 1.165) is 25.7 Å². The Kier molecular flexibility index (Phi) is 8.19. The minimum atomic E-state index is -0.359. The van der Waals surface area contributed by atoms with Gasteiger partial charge in [-0.05, 0) is 30.2 Å². The number of hydrogen-bond donors (Lipinski definition) is 2. The number of nitrogens with one attached hydrogen (secondary N) is 2. The molecule has 2 N–H and O–H groups in total. The van der Waals surface area contributed by atoms with Gasteiger partial charge in [-0.3, -0.25) is 20.4 Å². The van der Waals surface area contributed by atoms with Crippen molar-refractivity contribution < 1.29 is 14.3 Å². The Morgan fingerprint density at radius 1 is 0.962 bits per heavy atom. The van der Waals surface area contributed by atoms with Crippen molar-refractivity contribution in [1.29, 1.82) is 0 Å². The van der Waals surface area contributed by atoms with Crippen LogP contribution in [0.1, 0.15) is 48.5 Å². The average molecular weight is 354 g/mol. The normalized spacial score (nSPS) is 10.2. The monoisotopic (exact) mass is 354 g/mol. The zero-order valence-corrected chi connectivity index (χ0v) is 15.2. The largest absolute Gasteiger partial charge is 0.493 e. The van der Waals surface area contributed by atoms with Crippen LogP contribution < -0.4 is 15.6 Å². The highest BCUT2D eigenvalue weighted by Crippen LogP contribution is 2.14. The van der Waals surface area contributed by atoms with Gasteiger partial charge in [0.25, 0.3) is 5.91 Å². The third kappa shape index (κ3) is 6.97. The molecule has 5 heteroatoms. The molecule has 0 aromatic heterocycles. The maximum absolute atomic E-state index is 12.1. The van der Waals surface area contributed by atoms with Gasteiger partial charge in [0, 0.05) is 18.4 Å². The minimum Gasteiger partial charge on any atom is -0.493 e. The van der Waals surface area contributed by atoms with E-state index in [2.05, 4.69) is 29.9 Å². The van der Waals surface area contributed by atoms with Crippen LogP contribution in [-0.4, -0.2) is 18.4 Å². The van der Waals surface area contributed by atoms with Crippen molar-refractivity contribution in [2.24, 2.45) is 0 Å². The molecule has 0 radical (unpaired) electrons. The number of hydrogen-bond acceptors (Lipinski definition) is 3. The van der Waals surface area contributed by atoms with Crippen LogP contribution in [0.3, 0.4) is 0 Å². The van der Waals surface area contributed by atoms with Gasteiger partial charge in [0.1, 0.15) is 5.75 Å². The average Bonchev–Trinajstić information content (AvgIpc) is 2.67. The number of carbonyl (C=O) groups is 2. The summed E-state index contributed by atoms with van der Waals surface area (Å²) >= 11 is 0. The lowest BCUT2D eigenvalue weighted by Gasteiger charge is -2.10. The van der Waals surface area contributed by atoms with E-state index in [1.165, 1.54) is 5.56 Å². The van der Waals surface area contributed by atoms with Crippen molar-refractivity contribution in [1.82, 2.24) is 10.9 Å². The molecule has 0 aliphatic heterocycles. The molecule has 0 aliphatic rings. The van der Waals surface area contributed by atoms with Crippen molar-refractivity contribution in [2.45, 2.75) is 39.0 Å². The molecule has 0 heterocycles. The molecule has 0 spiro atoms.